The van der Waals surface area contributed by atoms with Gasteiger partial charge in [-0.1, -0.05) is 42.5 Å². The van der Waals surface area contributed by atoms with Crippen LogP contribution < -0.4 is 15.2 Å². The standard InChI is InChI=1S/C20H16F3NO2/c21-20(22,23)26-17-9-10-18(15-7-4-8-16(24)11-15)19(12-17)25-13-14-5-2-1-3-6-14/h1-12H,13,24H2. The van der Waals surface area contributed by atoms with E-state index < -0.39 is 6.36 Å². The van der Waals surface area contributed by atoms with E-state index in [-0.39, 0.29) is 18.1 Å². The van der Waals surface area contributed by atoms with Crippen LogP contribution in [0.25, 0.3) is 11.1 Å². The summed E-state index contributed by atoms with van der Waals surface area (Å²) < 4.78 is 47.4. The molecule has 3 aromatic carbocycles. The summed E-state index contributed by atoms with van der Waals surface area (Å²) in [5, 5.41) is 0. The molecule has 2 N–H and O–H groups in total. The minimum absolute atomic E-state index is 0.214. The number of hydrogen-bond acceptors (Lipinski definition) is 3. The van der Waals surface area contributed by atoms with Gasteiger partial charge >= 0.3 is 6.36 Å². The second-order valence-electron chi connectivity index (χ2n) is 5.61. The Bertz CT molecular complexity index is 880. The van der Waals surface area contributed by atoms with Gasteiger partial charge in [-0.15, -0.1) is 13.2 Å². The fourth-order valence-electron chi connectivity index (χ4n) is 2.50. The lowest BCUT2D eigenvalue weighted by atomic mass is 10.0. The van der Waals surface area contributed by atoms with E-state index in [9.17, 15) is 13.2 Å². The normalized spacial score (nSPS) is 11.2. The van der Waals surface area contributed by atoms with Crippen molar-refractivity contribution in [3.8, 4) is 22.6 Å². The van der Waals surface area contributed by atoms with Crippen molar-refractivity contribution in [1.82, 2.24) is 0 Å². The Morgan fingerprint density at radius 1 is 0.846 bits per heavy atom. The maximum Gasteiger partial charge on any atom is 0.573 e. The zero-order valence-electron chi connectivity index (χ0n) is 13.7. The number of alkyl halides is 3. The summed E-state index contributed by atoms with van der Waals surface area (Å²) >= 11 is 0. The van der Waals surface area contributed by atoms with E-state index in [1.807, 2.05) is 36.4 Å². The number of nitrogen functional groups attached to an aromatic ring is 1. The molecule has 0 atom stereocenters. The largest absolute Gasteiger partial charge is 0.573 e. The summed E-state index contributed by atoms with van der Waals surface area (Å²) in [6.45, 7) is 0.214. The predicted molar refractivity (Wildman–Crippen MR) is 93.7 cm³/mol. The third kappa shape index (κ3) is 4.69. The molecule has 3 rings (SSSR count). The zero-order valence-corrected chi connectivity index (χ0v) is 13.7. The van der Waals surface area contributed by atoms with Crippen LogP contribution in [0, 0.1) is 0 Å². The Hall–Kier alpha value is -3.15. The van der Waals surface area contributed by atoms with Gasteiger partial charge in [0, 0.05) is 17.3 Å². The predicted octanol–water partition coefficient (Wildman–Crippen LogP) is 5.41. The molecule has 0 saturated heterocycles. The van der Waals surface area contributed by atoms with Gasteiger partial charge < -0.3 is 15.2 Å². The fourth-order valence-corrected chi connectivity index (χ4v) is 2.50. The van der Waals surface area contributed by atoms with Crippen LogP contribution in [0.5, 0.6) is 11.5 Å². The molecule has 0 aliphatic rings. The molecule has 0 amide bonds. The Balaban J connectivity index is 1.94. The maximum absolute atomic E-state index is 12.5. The van der Waals surface area contributed by atoms with E-state index in [4.69, 9.17) is 10.5 Å². The van der Waals surface area contributed by atoms with E-state index in [0.29, 0.717) is 11.3 Å². The Labute approximate surface area is 148 Å². The number of nitrogens with two attached hydrogens (primary N) is 1. The lowest BCUT2D eigenvalue weighted by molar-refractivity contribution is -0.274. The van der Waals surface area contributed by atoms with Gasteiger partial charge in [-0.05, 0) is 35.4 Å². The van der Waals surface area contributed by atoms with Crippen molar-refractivity contribution >= 4 is 5.69 Å². The highest BCUT2D eigenvalue weighted by atomic mass is 19.4. The highest BCUT2D eigenvalue weighted by Gasteiger charge is 2.31. The molecule has 0 bridgehead atoms. The van der Waals surface area contributed by atoms with Gasteiger partial charge in [0.05, 0.1) is 0 Å². The number of ether oxygens (including phenoxy) is 2. The summed E-state index contributed by atoms with van der Waals surface area (Å²) in [6, 6.07) is 20.4. The van der Waals surface area contributed by atoms with Crippen LogP contribution in [0.1, 0.15) is 5.56 Å². The fraction of sp³-hybridized carbons (Fsp3) is 0.100. The van der Waals surface area contributed by atoms with E-state index in [2.05, 4.69) is 4.74 Å². The monoisotopic (exact) mass is 359 g/mol. The number of halogens is 3. The smallest absolute Gasteiger partial charge is 0.488 e. The lowest BCUT2D eigenvalue weighted by Crippen LogP contribution is -2.17. The second kappa shape index (κ2) is 7.39. The SMILES string of the molecule is Nc1cccc(-c2ccc(OC(F)(F)F)cc2OCc2ccccc2)c1. The van der Waals surface area contributed by atoms with Crippen molar-refractivity contribution in [2.75, 3.05) is 5.73 Å². The third-order valence-electron chi connectivity index (χ3n) is 3.62. The number of hydrogen-bond donors (Lipinski definition) is 1. The average molecular weight is 359 g/mol. The highest BCUT2D eigenvalue weighted by Crippen LogP contribution is 2.36. The summed E-state index contributed by atoms with van der Waals surface area (Å²) in [4.78, 5) is 0. The minimum Gasteiger partial charge on any atom is -0.488 e. The van der Waals surface area contributed by atoms with Crippen molar-refractivity contribution in [2.45, 2.75) is 13.0 Å². The van der Waals surface area contributed by atoms with Crippen LogP contribution in [0.15, 0.2) is 72.8 Å². The first-order valence-electron chi connectivity index (χ1n) is 7.83. The molecular weight excluding hydrogens is 343 g/mol. The molecule has 0 spiro atoms. The van der Waals surface area contributed by atoms with Crippen molar-refractivity contribution in [2.24, 2.45) is 0 Å². The number of benzene rings is 3. The van der Waals surface area contributed by atoms with Crippen molar-refractivity contribution < 1.29 is 22.6 Å². The van der Waals surface area contributed by atoms with Gasteiger partial charge in [-0.2, -0.15) is 0 Å². The van der Waals surface area contributed by atoms with Crippen LogP contribution >= 0.6 is 0 Å². The topological polar surface area (TPSA) is 44.5 Å². The summed E-state index contributed by atoms with van der Waals surface area (Å²) in [5.41, 5.74) is 8.62. The first kappa shape index (κ1) is 17.7. The molecule has 0 aliphatic heterocycles. The lowest BCUT2D eigenvalue weighted by Gasteiger charge is -2.15. The van der Waals surface area contributed by atoms with Crippen LogP contribution in [0.3, 0.4) is 0 Å². The molecule has 0 aromatic heterocycles. The first-order valence-corrected chi connectivity index (χ1v) is 7.83. The van der Waals surface area contributed by atoms with Crippen LogP contribution in [0.4, 0.5) is 18.9 Å². The highest BCUT2D eigenvalue weighted by molar-refractivity contribution is 5.74. The molecule has 6 heteroatoms. The van der Waals surface area contributed by atoms with Gasteiger partial charge in [0.1, 0.15) is 18.1 Å². The van der Waals surface area contributed by atoms with Gasteiger partial charge in [-0.25, -0.2) is 0 Å². The van der Waals surface area contributed by atoms with Crippen LogP contribution in [0.2, 0.25) is 0 Å². The summed E-state index contributed by atoms with van der Waals surface area (Å²) in [7, 11) is 0. The van der Waals surface area contributed by atoms with E-state index in [1.165, 1.54) is 18.2 Å². The third-order valence-corrected chi connectivity index (χ3v) is 3.62. The Morgan fingerprint density at radius 3 is 2.31 bits per heavy atom. The summed E-state index contributed by atoms with van der Waals surface area (Å²) in [6.07, 6.45) is -4.77. The van der Waals surface area contributed by atoms with E-state index >= 15 is 0 Å². The van der Waals surface area contributed by atoms with Crippen LogP contribution in [-0.2, 0) is 6.61 Å². The molecule has 0 heterocycles. The van der Waals surface area contributed by atoms with Crippen molar-refractivity contribution in [3.05, 3.63) is 78.4 Å². The number of anilines is 1. The van der Waals surface area contributed by atoms with E-state index in [1.54, 1.807) is 18.2 Å². The Kier molecular flexibility index (Phi) is 5.02. The van der Waals surface area contributed by atoms with Gasteiger partial charge in [0.25, 0.3) is 0 Å². The Morgan fingerprint density at radius 2 is 1.62 bits per heavy atom. The number of rotatable bonds is 5. The molecular formula is C20H16F3NO2. The minimum atomic E-state index is -4.77. The first-order chi connectivity index (χ1) is 12.4. The van der Waals surface area contributed by atoms with Crippen LogP contribution in [-0.4, -0.2) is 6.36 Å². The maximum atomic E-state index is 12.5. The summed E-state index contributed by atoms with van der Waals surface area (Å²) in [5.74, 6) is -0.0607. The zero-order chi connectivity index (χ0) is 18.6. The molecule has 3 aromatic rings. The second-order valence-corrected chi connectivity index (χ2v) is 5.61. The van der Waals surface area contributed by atoms with E-state index in [0.717, 1.165) is 11.1 Å². The van der Waals surface area contributed by atoms with Crippen molar-refractivity contribution in [1.29, 1.82) is 0 Å². The van der Waals surface area contributed by atoms with Crippen molar-refractivity contribution in [3.63, 3.8) is 0 Å². The molecule has 134 valence electrons. The molecule has 0 radical (unpaired) electrons. The average Bonchev–Trinajstić information content (AvgIpc) is 2.59. The quantitative estimate of drug-likeness (QED) is 0.619. The molecule has 0 fully saturated rings. The molecule has 26 heavy (non-hydrogen) atoms. The van der Waals surface area contributed by atoms with Gasteiger partial charge in [0.15, 0.2) is 0 Å². The molecule has 0 unspecified atom stereocenters. The van der Waals surface area contributed by atoms with Gasteiger partial charge in [-0.3, -0.25) is 0 Å². The van der Waals surface area contributed by atoms with Gasteiger partial charge in [0.2, 0.25) is 0 Å². The molecule has 0 saturated carbocycles. The molecule has 3 nitrogen and oxygen atoms in total. The molecule has 0 aliphatic carbocycles.